The van der Waals surface area contributed by atoms with Gasteiger partial charge in [-0.25, -0.2) is 4.79 Å². The van der Waals surface area contributed by atoms with Crippen molar-refractivity contribution in [1.82, 2.24) is 0 Å². The van der Waals surface area contributed by atoms with Crippen molar-refractivity contribution in [2.45, 2.75) is 31.2 Å². The predicted octanol–water partition coefficient (Wildman–Crippen LogP) is 0.822. The van der Waals surface area contributed by atoms with E-state index in [1.165, 1.54) is 6.07 Å². The lowest BCUT2D eigenvalue weighted by molar-refractivity contribution is -0.159. The zero-order valence-corrected chi connectivity index (χ0v) is 8.34. The molecule has 0 aromatic rings. The average molecular weight is 206 g/mol. The van der Waals surface area contributed by atoms with Crippen molar-refractivity contribution < 1.29 is 14.6 Å². The van der Waals surface area contributed by atoms with Gasteiger partial charge in [-0.2, -0.15) is 5.26 Å². The summed E-state index contributed by atoms with van der Waals surface area (Å²) in [5, 5.41) is 17.2. The van der Waals surface area contributed by atoms with E-state index in [0.29, 0.717) is 6.42 Å². The van der Waals surface area contributed by atoms with E-state index < -0.39 is 16.9 Å². The van der Waals surface area contributed by atoms with E-state index in [4.69, 9.17) is 16.9 Å². The Balaban J connectivity index is 4.64. The predicted molar refractivity (Wildman–Crippen MR) is 47.1 cm³/mol. The third-order valence-corrected chi connectivity index (χ3v) is 2.19. The molecule has 0 fully saturated rings. The molecule has 74 valence electrons. The maximum atomic E-state index is 11.1. The van der Waals surface area contributed by atoms with Crippen LogP contribution in [0.4, 0.5) is 0 Å². The van der Waals surface area contributed by atoms with Crippen molar-refractivity contribution in [3.8, 4) is 6.07 Å². The number of halogens is 1. The highest BCUT2D eigenvalue weighted by atomic mass is 35.5. The molecule has 0 amide bonds. The summed E-state index contributed by atoms with van der Waals surface area (Å²) < 4.78 is 4.53. The molecule has 0 aliphatic rings. The number of carbonyl (C=O) groups is 1. The van der Waals surface area contributed by atoms with E-state index in [2.05, 4.69) is 4.74 Å². The highest BCUT2D eigenvalue weighted by Crippen LogP contribution is 2.20. The fourth-order valence-corrected chi connectivity index (χ4v) is 0.918. The first kappa shape index (κ1) is 12.2. The van der Waals surface area contributed by atoms with Crippen LogP contribution >= 0.6 is 11.6 Å². The first-order valence-electron chi connectivity index (χ1n) is 3.97. The lowest BCUT2D eigenvalue weighted by atomic mass is 10.00. The van der Waals surface area contributed by atoms with Gasteiger partial charge < -0.3 is 9.84 Å². The van der Waals surface area contributed by atoms with Crippen LogP contribution in [0, 0.1) is 11.3 Å². The lowest BCUT2D eigenvalue weighted by Gasteiger charge is -2.21. The largest absolute Gasteiger partial charge is 0.463 e. The van der Waals surface area contributed by atoms with Crippen LogP contribution in [-0.2, 0) is 9.53 Å². The summed E-state index contributed by atoms with van der Waals surface area (Å²) in [5.41, 5.74) is -2.23. The fourth-order valence-electron chi connectivity index (χ4n) is 0.780. The number of alkyl halides is 1. The summed E-state index contributed by atoms with van der Waals surface area (Å²) in [6, 6.07) is 1.46. The van der Waals surface area contributed by atoms with E-state index in [9.17, 15) is 9.90 Å². The Hall–Kier alpha value is -0.790. The number of hydrogen-bond donors (Lipinski definition) is 1. The molecule has 0 aliphatic carbocycles. The number of hydrogen-bond acceptors (Lipinski definition) is 4. The fraction of sp³-hybridized carbons (Fsp3) is 0.750. The molecule has 0 radical (unpaired) electrons. The van der Waals surface area contributed by atoms with Crippen molar-refractivity contribution >= 4 is 17.6 Å². The highest BCUT2D eigenvalue weighted by Gasteiger charge is 2.44. The van der Waals surface area contributed by atoms with Gasteiger partial charge in [0.1, 0.15) is 6.07 Å². The maximum Gasteiger partial charge on any atom is 0.354 e. The van der Waals surface area contributed by atoms with Crippen LogP contribution in [0.3, 0.4) is 0 Å². The Kier molecular flexibility index (Phi) is 4.74. The van der Waals surface area contributed by atoms with Crippen molar-refractivity contribution in [1.29, 1.82) is 5.26 Å². The van der Waals surface area contributed by atoms with Crippen LogP contribution in [0.5, 0.6) is 0 Å². The van der Waals surface area contributed by atoms with Gasteiger partial charge in [-0.1, -0.05) is 6.92 Å². The molecule has 13 heavy (non-hydrogen) atoms. The minimum atomic E-state index is -2.23. The summed E-state index contributed by atoms with van der Waals surface area (Å²) >= 11 is 5.63. The number of nitriles is 1. The smallest absolute Gasteiger partial charge is 0.354 e. The maximum absolute atomic E-state index is 11.1. The summed E-state index contributed by atoms with van der Waals surface area (Å²) in [7, 11) is 0. The van der Waals surface area contributed by atoms with E-state index >= 15 is 0 Å². The number of esters is 1. The number of carbonyl (C=O) groups excluding carboxylic acids is 1. The van der Waals surface area contributed by atoms with Gasteiger partial charge in [0.2, 0.25) is 0 Å². The van der Waals surface area contributed by atoms with Gasteiger partial charge in [0, 0.05) is 0 Å². The second-order valence-electron chi connectivity index (χ2n) is 2.47. The number of aliphatic hydroxyl groups is 1. The molecule has 2 unspecified atom stereocenters. The Morgan fingerprint density at radius 1 is 1.77 bits per heavy atom. The highest BCUT2D eigenvalue weighted by molar-refractivity contribution is 6.23. The van der Waals surface area contributed by atoms with E-state index in [-0.39, 0.29) is 6.61 Å². The van der Waals surface area contributed by atoms with Crippen LogP contribution in [0.1, 0.15) is 20.3 Å². The first-order valence-corrected chi connectivity index (χ1v) is 4.41. The van der Waals surface area contributed by atoms with Crippen LogP contribution in [0.15, 0.2) is 0 Å². The zero-order valence-electron chi connectivity index (χ0n) is 7.58. The molecule has 5 heteroatoms. The van der Waals surface area contributed by atoms with Gasteiger partial charge in [-0.3, -0.25) is 0 Å². The van der Waals surface area contributed by atoms with Crippen molar-refractivity contribution in [2.24, 2.45) is 0 Å². The summed E-state index contributed by atoms with van der Waals surface area (Å²) in [6.07, 6.45) is 0.310. The Morgan fingerprint density at radius 2 is 2.31 bits per heavy atom. The van der Waals surface area contributed by atoms with Gasteiger partial charge in [0.25, 0.3) is 5.60 Å². The molecular formula is C8H12ClNO3. The standard InChI is InChI=1S/C8H12ClNO3/c1-3-6(9)8(12,5-10)7(11)13-4-2/h6,12H,3-4H2,1-2H3. The van der Waals surface area contributed by atoms with Crippen molar-refractivity contribution in [2.75, 3.05) is 6.61 Å². The quantitative estimate of drug-likeness (QED) is 0.419. The van der Waals surface area contributed by atoms with Gasteiger partial charge in [-0.15, -0.1) is 11.6 Å². The SMILES string of the molecule is CCOC(=O)C(O)(C#N)C(Cl)CC. The minimum Gasteiger partial charge on any atom is -0.463 e. The summed E-state index contributed by atoms with van der Waals surface area (Å²) in [5.74, 6) is -0.987. The van der Waals surface area contributed by atoms with Gasteiger partial charge in [0.15, 0.2) is 0 Å². The molecule has 0 spiro atoms. The number of ether oxygens (including phenoxy) is 1. The molecule has 0 rings (SSSR count). The van der Waals surface area contributed by atoms with Crippen molar-refractivity contribution in [3.05, 3.63) is 0 Å². The molecule has 0 saturated heterocycles. The van der Waals surface area contributed by atoms with Crippen molar-refractivity contribution in [3.63, 3.8) is 0 Å². The first-order chi connectivity index (χ1) is 6.02. The average Bonchev–Trinajstić information content (AvgIpc) is 2.15. The van der Waals surface area contributed by atoms with Gasteiger partial charge in [0.05, 0.1) is 12.0 Å². The van der Waals surface area contributed by atoms with E-state index in [1.807, 2.05) is 0 Å². The summed E-state index contributed by atoms with van der Waals surface area (Å²) in [6.45, 7) is 3.36. The molecule has 0 saturated carbocycles. The normalized spacial score (nSPS) is 16.8. The Morgan fingerprint density at radius 3 is 2.62 bits per heavy atom. The third kappa shape index (κ3) is 2.58. The molecule has 0 aromatic carbocycles. The molecule has 4 nitrogen and oxygen atoms in total. The molecular weight excluding hydrogens is 194 g/mol. The molecule has 0 aromatic heterocycles. The second kappa shape index (κ2) is 5.05. The Bertz CT molecular complexity index is 226. The summed E-state index contributed by atoms with van der Waals surface area (Å²) in [4.78, 5) is 11.1. The molecule has 2 atom stereocenters. The number of rotatable bonds is 4. The molecule has 0 bridgehead atoms. The van der Waals surface area contributed by atoms with Gasteiger partial charge in [-0.05, 0) is 13.3 Å². The van der Waals surface area contributed by atoms with Crippen LogP contribution in [-0.4, -0.2) is 28.7 Å². The molecule has 0 aliphatic heterocycles. The Labute approximate surface area is 82.1 Å². The zero-order chi connectivity index (χ0) is 10.5. The topological polar surface area (TPSA) is 70.3 Å². The van der Waals surface area contributed by atoms with Crippen LogP contribution in [0.25, 0.3) is 0 Å². The molecule has 0 heterocycles. The lowest BCUT2D eigenvalue weighted by Crippen LogP contribution is -2.46. The third-order valence-electron chi connectivity index (χ3n) is 1.57. The van der Waals surface area contributed by atoms with Crippen LogP contribution < -0.4 is 0 Å². The van der Waals surface area contributed by atoms with E-state index in [1.54, 1.807) is 13.8 Å². The minimum absolute atomic E-state index is 0.107. The van der Waals surface area contributed by atoms with E-state index in [0.717, 1.165) is 0 Å². The van der Waals surface area contributed by atoms with Crippen LogP contribution in [0.2, 0.25) is 0 Å². The van der Waals surface area contributed by atoms with Gasteiger partial charge >= 0.3 is 5.97 Å². The monoisotopic (exact) mass is 205 g/mol. The second-order valence-corrected chi connectivity index (χ2v) is 3.00. The molecule has 1 N–H and O–H groups in total. The number of nitrogens with zero attached hydrogens (tertiary/aromatic N) is 1.